The molecule has 0 bridgehead atoms. The van der Waals surface area contributed by atoms with E-state index in [2.05, 4.69) is 56.3 Å². The lowest BCUT2D eigenvalue weighted by Gasteiger charge is -1.92. The van der Waals surface area contributed by atoms with Crippen LogP contribution in [0.15, 0.2) is 66.9 Å². The molecule has 110 valence electrons. The van der Waals surface area contributed by atoms with E-state index < -0.39 is 0 Å². The van der Waals surface area contributed by atoms with Gasteiger partial charge in [-0.25, -0.2) is 4.98 Å². The fourth-order valence-corrected chi connectivity index (χ4v) is 3.01. The number of benzene rings is 2. The molecule has 3 aromatic heterocycles. The Bertz CT molecular complexity index is 972. The van der Waals surface area contributed by atoms with Crippen LogP contribution in [-0.4, -0.2) is 19.9 Å². The van der Waals surface area contributed by atoms with Gasteiger partial charge in [0.1, 0.15) is 0 Å². The number of fused-ring (bicyclic) bond motifs is 2. The summed E-state index contributed by atoms with van der Waals surface area (Å²) in [5.41, 5.74) is 5.26. The number of aromatic nitrogens is 4. The Morgan fingerprint density at radius 1 is 0.609 bits per heavy atom. The van der Waals surface area contributed by atoms with Crippen LogP contribution in [0.25, 0.3) is 44.7 Å². The molecular weight excluding hydrogens is 284 g/mol. The number of hydrogen-bond donors (Lipinski definition) is 3. The van der Waals surface area contributed by atoms with Crippen LogP contribution in [0.1, 0.15) is 0 Å². The van der Waals surface area contributed by atoms with E-state index >= 15 is 0 Å². The van der Waals surface area contributed by atoms with Crippen molar-refractivity contribution in [1.82, 2.24) is 19.9 Å². The van der Waals surface area contributed by atoms with E-state index in [1.54, 1.807) is 0 Å². The number of para-hydroxylation sites is 2. The van der Waals surface area contributed by atoms with E-state index in [1.165, 1.54) is 10.8 Å². The van der Waals surface area contributed by atoms with Gasteiger partial charge >= 0.3 is 0 Å². The van der Waals surface area contributed by atoms with E-state index in [-0.39, 0.29) is 0 Å². The number of hydrogen-bond acceptors (Lipinski definition) is 1. The SMILES string of the molecule is c1ccc2[nH]c(-c3cnc(-c4cc5ccccc5[nH]4)[nH]3)cc2c1. The first kappa shape index (κ1) is 12.3. The predicted molar refractivity (Wildman–Crippen MR) is 93.2 cm³/mol. The summed E-state index contributed by atoms with van der Waals surface area (Å²) in [4.78, 5) is 14.7. The van der Waals surface area contributed by atoms with Crippen LogP contribution in [0.4, 0.5) is 0 Å². The molecule has 2 aromatic carbocycles. The molecule has 0 spiro atoms. The molecule has 0 aliphatic heterocycles. The number of nitrogens with zero attached hydrogens (tertiary/aromatic N) is 1. The molecule has 0 atom stereocenters. The molecule has 0 aliphatic rings. The van der Waals surface area contributed by atoms with Crippen molar-refractivity contribution in [2.45, 2.75) is 0 Å². The van der Waals surface area contributed by atoms with Crippen LogP contribution in [0, 0.1) is 0 Å². The van der Waals surface area contributed by atoms with Crippen molar-refractivity contribution < 1.29 is 0 Å². The van der Waals surface area contributed by atoms with Gasteiger partial charge in [0.25, 0.3) is 0 Å². The first-order chi connectivity index (χ1) is 11.4. The molecule has 0 saturated heterocycles. The Labute approximate surface area is 132 Å². The zero-order valence-electron chi connectivity index (χ0n) is 12.3. The van der Waals surface area contributed by atoms with E-state index in [1.807, 2.05) is 30.5 Å². The van der Waals surface area contributed by atoms with Crippen molar-refractivity contribution in [3.8, 4) is 22.9 Å². The quantitative estimate of drug-likeness (QED) is 0.434. The molecule has 5 aromatic rings. The summed E-state index contributed by atoms with van der Waals surface area (Å²) in [6, 6.07) is 20.7. The van der Waals surface area contributed by atoms with Crippen LogP contribution in [-0.2, 0) is 0 Å². The Morgan fingerprint density at radius 3 is 1.91 bits per heavy atom. The minimum atomic E-state index is 0.842. The third kappa shape index (κ3) is 1.96. The average Bonchev–Trinajstić information content (AvgIpc) is 3.30. The maximum Gasteiger partial charge on any atom is 0.154 e. The number of imidazole rings is 1. The standard InChI is InChI=1S/C19H14N4/c1-3-7-14-12(5-1)9-16(21-14)18-11-20-19(23-18)17-10-13-6-2-4-8-15(13)22-17/h1-11,21-22H,(H,20,23). The molecule has 4 nitrogen and oxygen atoms in total. The maximum absolute atomic E-state index is 4.52. The van der Waals surface area contributed by atoms with E-state index in [0.29, 0.717) is 0 Å². The molecular formula is C19H14N4. The van der Waals surface area contributed by atoms with Gasteiger partial charge in [0, 0.05) is 21.8 Å². The molecule has 0 aliphatic carbocycles. The zero-order chi connectivity index (χ0) is 15.2. The highest BCUT2D eigenvalue weighted by Gasteiger charge is 2.10. The van der Waals surface area contributed by atoms with Gasteiger partial charge in [-0.3, -0.25) is 0 Å². The molecule has 0 amide bonds. The summed E-state index contributed by atoms with van der Waals surface area (Å²) in [7, 11) is 0. The monoisotopic (exact) mass is 298 g/mol. The Kier molecular flexibility index (Phi) is 2.46. The average molecular weight is 298 g/mol. The van der Waals surface area contributed by atoms with Crippen molar-refractivity contribution in [1.29, 1.82) is 0 Å². The van der Waals surface area contributed by atoms with Crippen molar-refractivity contribution in [2.24, 2.45) is 0 Å². The van der Waals surface area contributed by atoms with E-state index in [4.69, 9.17) is 0 Å². The number of H-pyrrole nitrogens is 3. The molecule has 0 unspecified atom stereocenters. The summed E-state index contributed by atoms with van der Waals surface area (Å²) >= 11 is 0. The number of nitrogens with one attached hydrogen (secondary N) is 3. The maximum atomic E-state index is 4.52. The molecule has 5 rings (SSSR count). The summed E-state index contributed by atoms with van der Waals surface area (Å²) in [5, 5.41) is 2.38. The summed E-state index contributed by atoms with van der Waals surface area (Å²) in [6.45, 7) is 0. The number of rotatable bonds is 2. The Balaban J connectivity index is 1.59. The second kappa shape index (κ2) is 4.61. The van der Waals surface area contributed by atoms with Gasteiger partial charge in [-0.1, -0.05) is 36.4 Å². The summed E-state index contributed by atoms with van der Waals surface area (Å²) in [6.07, 6.45) is 1.87. The van der Waals surface area contributed by atoms with Gasteiger partial charge in [-0.2, -0.15) is 0 Å². The largest absolute Gasteiger partial charge is 0.353 e. The van der Waals surface area contributed by atoms with Crippen LogP contribution in [0.2, 0.25) is 0 Å². The fourth-order valence-electron chi connectivity index (χ4n) is 3.01. The minimum Gasteiger partial charge on any atom is -0.353 e. The Hall–Kier alpha value is -3.27. The summed E-state index contributed by atoms with van der Waals surface area (Å²) < 4.78 is 0. The smallest absolute Gasteiger partial charge is 0.154 e. The highest BCUT2D eigenvalue weighted by molar-refractivity contribution is 5.86. The van der Waals surface area contributed by atoms with Crippen LogP contribution in [0.5, 0.6) is 0 Å². The molecule has 4 heteroatoms. The fraction of sp³-hybridized carbons (Fsp3) is 0. The van der Waals surface area contributed by atoms with Crippen LogP contribution < -0.4 is 0 Å². The highest BCUT2D eigenvalue weighted by Crippen LogP contribution is 2.26. The number of aromatic amines is 3. The Morgan fingerprint density at radius 2 is 1.22 bits per heavy atom. The molecule has 0 radical (unpaired) electrons. The van der Waals surface area contributed by atoms with Gasteiger partial charge in [0.2, 0.25) is 0 Å². The summed E-state index contributed by atoms with van der Waals surface area (Å²) in [5.74, 6) is 0.842. The van der Waals surface area contributed by atoms with Gasteiger partial charge < -0.3 is 15.0 Å². The molecule has 3 N–H and O–H groups in total. The first-order valence-electron chi connectivity index (χ1n) is 7.58. The second-order valence-electron chi connectivity index (χ2n) is 5.69. The van der Waals surface area contributed by atoms with Gasteiger partial charge in [0.15, 0.2) is 5.82 Å². The van der Waals surface area contributed by atoms with Crippen LogP contribution >= 0.6 is 0 Å². The minimum absolute atomic E-state index is 0.842. The van der Waals surface area contributed by atoms with Crippen LogP contribution in [0.3, 0.4) is 0 Å². The third-order valence-corrected chi connectivity index (χ3v) is 4.18. The molecule has 3 heterocycles. The first-order valence-corrected chi connectivity index (χ1v) is 7.58. The molecule has 23 heavy (non-hydrogen) atoms. The topological polar surface area (TPSA) is 60.3 Å². The van der Waals surface area contributed by atoms with E-state index in [0.717, 1.165) is 33.9 Å². The highest BCUT2D eigenvalue weighted by atomic mass is 15.0. The lowest BCUT2D eigenvalue weighted by molar-refractivity contribution is 1.26. The molecule has 0 fully saturated rings. The predicted octanol–water partition coefficient (Wildman–Crippen LogP) is 4.71. The zero-order valence-corrected chi connectivity index (χ0v) is 12.3. The van der Waals surface area contributed by atoms with Crippen molar-refractivity contribution in [2.75, 3.05) is 0 Å². The van der Waals surface area contributed by atoms with Gasteiger partial charge in [0.05, 0.1) is 23.3 Å². The van der Waals surface area contributed by atoms with Crippen molar-refractivity contribution >= 4 is 21.8 Å². The lowest BCUT2D eigenvalue weighted by Crippen LogP contribution is -1.80. The van der Waals surface area contributed by atoms with Gasteiger partial charge in [-0.15, -0.1) is 0 Å². The van der Waals surface area contributed by atoms with Crippen molar-refractivity contribution in [3.05, 3.63) is 66.9 Å². The van der Waals surface area contributed by atoms with Gasteiger partial charge in [-0.05, 0) is 24.3 Å². The second-order valence-corrected chi connectivity index (χ2v) is 5.69. The van der Waals surface area contributed by atoms with E-state index in [9.17, 15) is 0 Å². The third-order valence-electron chi connectivity index (χ3n) is 4.18. The lowest BCUT2D eigenvalue weighted by atomic mass is 10.2. The molecule has 0 saturated carbocycles. The van der Waals surface area contributed by atoms with Crippen molar-refractivity contribution in [3.63, 3.8) is 0 Å². The normalized spacial score (nSPS) is 11.5.